The van der Waals surface area contributed by atoms with Crippen LogP contribution in [0.25, 0.3) is 0 Å². The van der Waals surface area contributed by atoms with Crippen molar-refractivity contribution in [2.75, 3.05) is 5.75 Å². The van der Waals surface area contributed by atoms with Crippen LogP contribution in [-0.4, -0.2) is 21.5 Å². The van der Waals surface area contributed by atoms with Crippen molar-refractivity contribution in [1.82, 2.24) is 4.98 Å². The second-order valence-electron chi connectivity index (χ2n) is 5.09. The van der Waals surface area contributed by atoms with Crippen molar-refractivity contribution in [2.24, 2.45) is 5.73 Å². The van der Waals surface area contributed by atoms with Gasteiger partial charge in [-0.05, 0) is 43.6 Å². The van der Waals surface area contributed by atoms with Crippen LogP contribution in [0.4, 0.5) is 0 Å². The second kappa shape index (κ2) is 5.40. The molecule has 0 aliphatic carbocycles. The summed E-state index contributed by atoms with van der Waals surface area (Å²) in [6.07, 6.45) is 6.47. The van der Waals surface area contributed by atoms with E-state index in [4.69, 9.17) is 5.73 Å². The van der Waals surface area contributed by atoms with E-state index in [0.29, 0.717) is 0 Å². The van der Waals surface area contributed by atoms with Gasteiger partial charge in [-0.15, -0.1) is 0 Å². The molecule has 0 bridgehead atoms. The molecule has 0 aromatic carbocycles. The molecule has 94 valence electrons. The Morgan fingerprint density at radius 3 is 2.88 bits per heavy atom. The third-order valence-electron chi connectivity index (χ3n) is 3.76. The predicted octanol–water partition coefficient (Wildman–Crippen LogP) is 2.80. The summed E-state index contributed by atoms with van der Waals surface area (Å²) in [5.74, 6) is 1.26. The van der Waals surface area contributed by atoms with Crippen LogP contribution >= 0.6 is 11.8 Å². The van der Waals surface area contributed by atoms with Gasteiger partial charge in [-0.25, -0.2) is 0 Å². The minimum absolute atomic E-state index is 0.218. The number of aromatic nitrogens is 1. The number of hydrogen-bond donors (Lipinski definition) is 1. The Hall–Kier alpha value is -0.540. The molecule has 1 aromatic heterocycles. The first-order valence-corrected chi connectivity index (χ1v) is 7.46. The lowest BCUT2D eigenvalue weighted by molar-refractivity contribution is 0.479. The fraction of sp³-hybridized carbons (Fsp3) is 0.643. The highest BCUT2D eigenvalue weighted by Crippen LogP contribution is 2.40. The number of hydrogen-bond acceptors (Lipinski definition) is 3. The zero-order chi connectivity index (χ0) is 12.3. The first-order chi connectivity index (χ1) is 8.14. The molecule has 2 N–H and O–H groups in total. The van der Waals surface area contributed by atoms with E-state index >= 15 is 0 Å². The van der Waals surface area contributed by atoms with Crippen LogP contribution in [0.5, 0.6) is 0 Å². The maximum Gasteiger partial charge on any atom is 0.0419 e. The van der Waals surface area contributed by atoms with Crippen molar-refractivity contribution in [3.8, 4) is 0 Å². The van der Waals surface area contributed by atoms with Crippen molar-refractivity contribution < 1.29 is 0 Å². The quantitative estimate of drug-likeness (QED) is 0.893. The zero-order valence-electron chi connectivity index (χ0n) is 10.8. The minimum Gasteiger partial charge on any atom is -0.326 e. The lowest BCUT2D eigenvalue weighted by atomic mass is 9.93. The predicted molar refractivity (Wildman–Crippen MR) is 75.4 cm³/mol. The molecule has 2 nitrogen and oxygen atoms in total. The largest absolute Gasteiger partial charge is 0.326 e. The van der Waals surface area contributed by atoms with Gasteiger partial charge in [-0.1, -0.05) is 13.0 Å². The Kier molecular flexibility index (Phi) is 4.10. The van der Waals surface area contributed by atoms with Crippen LogP contribution in [0.3, 0.4) is 0 Å². The van der Waals surface area contributed by atoms with Gasteiger partial charge < -0.3 is 5.73 Å². The summed E-state index contributed by atoms with van der Waals surface area (Å²) in [7, 11) is 0. The average Bonchev–Trinajstić information content (AvgIpc) is 2.78. The lowest BCUT2D eigenvalue weighted by Gasteiger charge is -2.30. The first-order valence-electron chi connectivity index (χ1n) is 6.47. The molecule has 2 heterocycles. The van der Waals surface area contributed by atoms with Gasteiger partial charge in [0.1, 0.15) is 0 Å². The summed E-state index contributed by atoms with van der Waals surface area (Å²) in [6.45, 7) is 4.45. The Balaban J connectivity index is 1.99. The minimum atomic E-state index is 0.218. The van der Waals surface area contributed by atoms with Crippen molar-refractivity contribution in [1.29, 1.82) is 0 Å². The van der Waals surface area contributed by atoms with E-state index in [1.807, 2.05) is 18.0 Å². The average molecular weight is 250 g/mol. The molecule has 3 heteroatoms. The summed E-state index contributed by atoms with van der Waals surface area (Å²) >= 11 is 2.03. The van der Waals surface area contributed by atoms with Gasteiger partial charge in [0.15, 0.2) is 0 Å². The fourth-order valence-electron chi connectivity index (χ4n) is 2.32. The first kappa shape index (κ1) is 12.9. The van der Waals surface area contributed by atoms with E-state index < -0.39 is 0 Å². The third kappa shape index (κ3) is 3.02. The van der Waals surface area contributed by atoms with Crippen LogP contribution in [0.2, 0.25) is 0 Å². The van der Waals surface area contributed by atoms with Crippen LogP contribution < -0.4 is 5.73 Å². The van der Waals surface area contributed by atoms with Gasteiger partial charge in [0, 0.05) is 29.1 Å². The lowest BCUT2D eigenvalue weighted by Crippen LogP contribution is -2.42. The number of rotatable bonds is 4. The SMILES string of the molecule is CCc1ccc(CC(N)C2(C)CCCS2)nc1. The van der Waals surface area contributed by atoms with E-state index in [-0.39, 0.29) is 10.8 Å². The number of aryl methyl sites for hydroxylation is 1. The molecule has 1 aromatic rings. The van der Waals surface area contributed by atoms with E-state index in [1.54, 1.807) is 0 Å². The van der Waals surface area contributed by atoms with Gasteiger partial charge in [-0.3, -0.25) is 4.98 Å². The van der Waals surface area contributed by atoms with Crippen molar-refractivity contribution in [2.45, 2.75) is 50.3 Å². The fourth-order valence-corrected chi connectivity index (χ4v) is 3.66. The summed E-state index contributed by atoms with van der Waals surface area (Å²) in [6, 6.07) is 4.51. The molecule has 0 amide bonds. The molecule has 0 saturated carbocycles. The molecular formula is C14H22N2S. The Morgan fingerprint density at radius 1 is 1.53 bits per heavy atom. The van der Waals surface area contributed by atoms with Crippen molar-refractivity contribution in [3.63, 3.8) is 0 Å². The summed E-state index contributed by atoms with van der Waals surface area (Å²) in [5.41, 5.74) is 8.78. The van der Waals surface area contributed by atoms with Gasteiger partial charge in [-0.2, -0.15) is 11.8 Å². The number of thioether (sulfide) groups is 1. The molecular weight excluding hydrogens is 228 g/mol. The molecule has 2 unspecified atom stereocenters. The zero-order valence-corrected chi connectivity index (χ0v) is 11.6. The highest BCUT2D eigenvalue weighted by atomic mass is 32.2. The monoisotopic (exact) mass is 250 g/mol. The van der Waals surface area contributed by atoms with Gasteiger partial charge in [0.05, 0.1) is 0 Å². The van der Waals surface area contributed by atoms with Gasteiger partial charge in [0.2, 0.25) is 0 Å². The Labute approximate surface area is 108 Å². The van der Waals surface area contributed by atoms with E-state index in [1.165, 1.54) is 24.2 Å². The van der Waals surface area contributed by atoms with E-state index in [9.17, 15) is 0 Å². The highest BCUT2D eigenvalue weighted by molar-refractivity contribution is 8.00. The normalized spacial score (nSPS) is 26.1. The van der Waals surface area contributed by atoms with E-state index in [2.05, 4.69) is 31.0 Å². The third-order valence-corrected chi connectivity index (χ3v) is 5.42. The second-order valence-corrected chi connectivity index (χ2v) is 6.72. The van der Waals surface area contributed by atoms with Crippen molar-refractivity contribution >= 4 is 11.8 Å². The molecule has 0 spiro atoms. The van der Waals surface area contributed by atoms with Crippen LogP contribution in [0.15, 0.2) is 18.3 Å². The molecule has 0 radical (unpaired) electrons. The molecule has 1 aliphatic rings. The number of pyridine rings is 1. The Bertz CT molecular complexity index is 355. The molecule has 17 heavy (non-hydrogen) atoms. The topological polar surface area (TPSA) is 38.9 Å². The Morgan fingerprint density at radius 2 is 2.35 bits per heavy atom. The van der Waals surface area contributed by atoms with Gasteiger partial charge >= 0.3 is 0 Å². The molecule has 1 saturated heterocycles. The summed E-state index contributed by atoms with van der Waals surface area (Å²) in [5, 5.41) is 0. The maximum absolute atomic E-state index is 6.35. The van der Waals surface area contributed by atoms with E-state index in [0.717, 1.165) is 18.5 Å². The maximum atomic E-state index is 6.35. The summed E-state index contributed by atoms with van der Waals surface area (Å²) in [4.78, 5) is 4.50. The van der Waals surface area contributed by atoms with Gasteiger partial charge in [0.25, 0.3) is 0 Å². The molecule has 1 aliphatic heterocycles. The van der Waals surface area contributed by atoms with Crippen molar-refractivity contribution in [3.05, 3.63) is 29.6 Å². The number of nitrogens with zero attached hydrogens (tertiary/aromatic N) is 1. The van der Waals surface area contributed by atoms with Crippen LogP contribution in [0.1, 0.15) is 37.9 Å². The van der Waals surface area contributed by atoms with Crippen LogP contribution in [0, 0.1) is 0 Å². The number of nitrogens with two attached hydrogens (primary N) is 1. The molecule has 2 rings (SSSR count). The molecule has 2 atom stereocenters. The summed E-state index contributed by atoms with van der Waals surface area (Å²) < 4.78 is 0.255. The standard InChI is InChI=1S/C14H22N2S/c1-3-11-5-6-12(16-10-11)9-13(15)14(2)7-4-8-17-14/h5-6,10,13H,3-4,7-9,15H2,1-2H3. The molecule has 1 fully saturated rings. The smallest absolute Gasteiger partial charge is 0.0419 e. The van der Waals surface area contributed by atoms with Crippen LogP contribution in [-0.2, 0) is 12.8 Å². The highest BCUT2D eigenvalue weighted by Gasteiger charge is 2.35.